The lowest BCUT2D eigenvalue weighted by Crippen LogP contribution is -2.01. The molecule has 0 aliphatic heterocycles. The molecule has 0 N–H and O–H groups in total. The summed E-state index contributed by atoms with van der Waals surface area (Å²) in [5.41, 5.74) is 3.80. The topological polar surface area (TPSA) is 23.1 Å². The second-order valence-electron chi connectivity index (χ2n) is 7.67. The second-order valence-corrected chi connectivity index (χ2v) is 9.15. The minimum absolute atomic E-state index is 0.843. The van der Waals surface area contributed by atoms with Gasteiger partial charge in [0, 0.05) is 11.2 Å². The van der Waals surface area contributed by atoms with Crippen LogP contribution in [0.25, 0.3) is 11.1 Å². The molecule has 29 heavy (non-hydrogen) atoms. The summed E-state index contributed by atoms with van der Waals surface area (Å²) in [6.45, 7) is 2.27. The van der Waals surface area contributed by atoms with E-state index in [1.54, 1.807) is 0 Å². The maximum absolute atomic E-state index is 12.6. The predicted octanol–water partition coefficient (Wildman–Crippen LogP) is 7.81. The Morgan fingerprint density at radius 1 is 0.586 bits per heavy atom. The first-order valence-electron chi connectivity index (χ1n) is 10.9. The van der Waals surface area contributed by atoms with Gasteiger partial charge >= 0.3 is 0 Å². The zero-order valence-electron chi connectivity index (χ0n) is 17.5. The van der Waals surface area contributed by atoms with E-state index in [1.165, 1.54) is 68.1 Å². The number of hydrogen-bond donors (Lipinski definition) is 0. The lowest BCUT2D eigenvalue weighted by molar-refractivity contribution is 0.589. The summed E-state index contributed by atoms with van der Waals surface area (Å²) in [7, 11) is 0. The third kappa shape index (κ3) is 6.76. The number of unbranched alkanes of at least 4 members (excludes halogenated alkanes) is 6. The summed E-state index contributed by atoms with van der Waals surface area (Å²) < 4.78 is 12.6. The van der Waals surface area contributed by atoms with Gasteiger partial charge in [0.05, 0.1) is 0 Å². The maximum Gasteiger partial charge on any atom is 0.158 e. The van der Waals surface area contributed by atoms with Crippen LogP contribution in [0.2, 0.25) is 0 Å². The molecule has 0 bridgehead atoms. The lowest BCUT2D eigenvalue weighted by atomic mass is 10.0. The largest absolute Gasteiger partial charge is 0.606 e. The molecule has 0 aliphatic rings. The molecule has 0 spiro atoms. The Morgan fingerprint density at radius 2 is 1.10 bits per heavy atom. The van der Waals surface area contributed by atoms with E-state index < -0.39 is 11.2 Å². The van der Waals surface area contributed by atoms with E-state index in [0.29, 0.717) is 0 Å². The van der Waals surface area contributed by atoms with Crippen LogP contribution < -0.4 is 0 Å². The van der Waals surface area contributed by atoms with Crippen LogP contribution in [0, 0.1) is 0 Å². The van der Waals surface area contributed by atoms with Gasteiger partial charge in [-0.15, -0.1) is 0 Å². The highest BCUT2D eigenvalue weighted by atomic mass is 32.2. The SMILES string of the molecule is CCCCCCCCCc1ccc(-c2ccc([S+]([O-])c3ccccc3)cc2)cc1. The molecule has 0 saturated carbocycles. The highest BCUT2D eigenvalue weighted by Gasteiger charge is 2.14. The van der Waals surface area contributed by atoms with Crippen LogP contribution >= 0.6 is 0 Å². The van der Waals surface area contributed by atoms with Crippen LogP contribution in [0.1, 0.15) is 57.4 Å². The van der Waals surface area contributed by atoms with Gasteiger partial charge in [-0.25, -0.2) is 0 Å². The third-order valence-electron chi connectivity index (χ3n) is 5.38. The Morgan fingerprint density at radius 3 is 1.72 bits per heavy atom. The summed E-state index contributed by atoms with van der Waals surface area (Å²) >= 11 is -1.12. The molecule has 0 aliphatic carbocycles. The molecule has 1 unspecified atom stereocenters. The fourth-order valence-electron chi connectivity index (χ4n) is 3.60. The number of aryl methyl sites for hydroxylation is 1. The Balaban J connectivity index is 1.51. The van der Waals surface area contributed by atoms with Crippen molar-refractivity contribution in [2.75, 3.05) is 0 Å². The average Bonchev–Trinajstić information content (AvgIpc) is 2.79. The van der Waals surface area contributed by atoms with Crippen molar-refractivity contribution < 1.29 is 4.55 Å². The Bertz CT molecular complexity index is 825. The molecule has 0 amide bonds. The number of hydrogen-bond acceptors (Lipinski definition) is 1. The molecule has 0 saturated heterocycles. The van der Waals surface area contributed by atoms with Gasteiger partial charge in [0.1, 0.15) is 0 Å². The van der Waals surface area contributed by atoms with Crippen molar-refractivity contribution in [1.82, 2.24) is 0 Å². The van der Waals surface area contributed by atoms with Gasteiger partial charge in [-0.05, 0) is 65.9 Å². The molecular weight excluding hydrogens is 372 g/mol. The van der Waals surface area contributed by atoms with E-state index in [0.717, 1.165) is 9.79 Å². The first kappa shape index (κ1) is 21.7. The van der Waals surface area contributed by atoms with Crippen molar-refractivity contribution in [2.45, 2.75) is 68.1 Å². The zero-order chi connectivity index (χ0) is 20.3. The highest BCUT2D eigenvalue weighted by molar-refractivity contribution is 7.91. The van der Waals surface area contributed by atoms with Crippen molar-refractivity contribution in [3.8, 4) is 11.1 Å². The summed E-state index contributed by atoms with van der Waals surface area (Å²) in [5.74, 6) is 0. The molecule has 3 rings (SSSR count). The molecule has 2 heteroatoms. The molecule has 0 fully saturated rings. The standard InChI is InChI=1S/C27H32OS/c1-2-3-4-5-6-7-9-12-23-15-17-24(18-16-23)25-19-21-27(22-20-25)29(28)26-13-10-8-11-14-26/h8,10-11,13-22H,2-7,9,12H2,1H3. The first-order valence-corrected chi connectivity index (χ1v) is 12.1. The van der Waals surface area contributed by atoms with Crippen LogP contribution in [0.3, 0.4) is 0 Å². The molecule has 0 heterocycles. The van der Waals surface area contributed by atoms with Crippen LogP contribution in [0.4, 0.5) is 0 Å². The van der Waals surface area contributed by atoms with E-state index in [1.807, 2.05) is 42.5 Å². The molecule has 3 aromatic carbocycles. The van der Waals surface area contributed by atoms with Gasteiger partial charge in [0.25, 0.3) is 0 Å². The van der Waals surface area contributed by atoms with Gasteiger partial charge in [0.15, 0.2) is 9.79 Å². The summed E-state index contributed by atoms with van der Waals surface area (Å²) in [6, 6.07) is 26.6. The van der Waals surface area contributed by atoms with E-state index >= 15 is 0 Å². The molecule has 0 aromatic heterocycles. The van der Waals surface area contributed by atoms with E-state index in [2.05, 4.69) is 43.3 Å². The monoisotopic (exact) mass is 404 g/mol. The molecule has 3 aromatic rings. The minimum Gasteiger partial charge on any atom is -0.606 e. The number of rotatable bonds is 11. The minimum atomic E-state index is -1.12. The highest BCUT2D eigenvalue weighted by Crippen LogP contribution is 2.25. The van der Waals surface area contributed by atoms with Gasteiger partial charge in [0.2, 0.25) is 0 Å². The normalized spacial score (nSPS) is 12.1. The lowest BCUT2D eigenvalue weighted by Gasteiger charge is -2.10. The van der Waals surface area contributed by atoms with Crippen LogP contribution in [0.5, 0.6) is 0 Å². The summed E-state index contributed by atoms with van der Waals surface area (Å²) in [6.07, 6.45) is 10.6. The van der Waals surface area contributed by atoms with Gasteiger partial charge in [-0.3, -0.25) is 0 Å². The third-order valence-corrected chi connectivity index (χ3v) is 6.78. The zero-order valence-corrected chi connectivity index (χ0v) is 18.3. The predicted molar refractivity (Wildman–Crippen MR) is 125 cm³/mol. The van der Waals surface area contributed by atoms with Crippen molar-refractivity contribution >= 4 is 11.2 Å². The summed E-state index contributed by atoms with van der Waals surface area (Å²) in [4.78, 5) is 1.69. The fraction of sp³-hybridized carbons (Fsp3) is 0.333. The van der Waals surface area contributed by atoms with E-state index in [9.17, 15) is 4.55 Å². The quantitative estimate of drug-likeness (QED) is 0.236. The Hall–Kier alpha value is -2.03. The number of benzene rings is 3. The van der Waals surface area contributed by atoms with Gasteiger partial charge in [-0.1, -0.05) is 87.9 Å². The first-order chi connectivity index (χ1) is 14.3. The van der Waals surface area contributed by atoms with E-state index in [-0.39, 0.29) is 0 Å². The van der Waals surface area contributed by atoms with Crippen LogP contribution in [0.15, 0.2) is 88.7 Å². The summed E-state index contributed by atoms with van der Waals surface area (Å²) in [5, 5.41) is 0. The molecule has 152 valence electrons. The van der Waals surface area contributed by atoms with Crippen molar-refractivity contribution in [1.29, 1.82) is 0 Å². The molecule has 0 radical (unpaired) electrons. The molecule has 1 nitrogen and oxygen atoms in total. The van der Waals surface area contributed by atoms with Crippen molar-refractivity contribution in [3.63, 3.8) is 0 Å². The average molecular weight is 405 g/mol. The molecule has 1 atom stereocenters. The van der Waals surface area contributed by atoms with E-state index in [4.69, 9.17) is 0 Å². The fourth-order valence-corrected chi connectivity index (χ4v) is 4.66. The van der Waals surface area contributed by atoms with Gasteiger partial charge in [-0.2, -0.15) is 0 Å². The maximum atomic E-state index is 12.6. The molecular formula is C27H32OS. The van der Waals surface area contributed by atoms with Crippen LogP contribution in [-0.4, -0.2) is 4.55 Å². The smallest absolute Gasteiger partial charge is 0.158 e. The van der Waals surface area contributed by atoms with Crippen molar-refractivity contribution in [2.24, 2.45) is 0 Å². The van der Waals surface area contributed by atoms with Crippen molar-refractivity contribution in [3.05, 3.63) is 84.4 Å². The Kier molecular flexibility index (Phi) is 8.85. The Labute approximate surface area is 179 Å². The second kappa shape index (κ2) is 11.8. The van der Waals surface area contributed by atoms with Gasteiger partial charge < -0.3 is 4.55 Å². The van der Waals surface area contributed by atoms with Crippen LogP contribution in [-0.2, 0) is 17.6 Å².